The first-order valence-electron chi connectivity index (χ1n) is 9.59. The van der Waals surface area contributed by atoms with Crippen molar-refractivity contribution in [2.24, 2.45) is 0 Å². The summed E-state index contributed by atoms with van der Waals surface area (Å²) in [5.74, 6) is -0.143. The molecule has 162 valence electrons. The standard InChI is InChI=1S/C23H24N2O4S2/c1-14-5-6-15(2)19(9-14)25-21(26)11-22-24-16(13-31-22)12-29-23(27)18-8-7-17(30-4)10-20(18)28-3/h5-10,13H,11-12H2,1-4H3,(H,25,26). The molecule has 3 rings (SSSR count). The molecule has 0 aliphatic rings. The number of carbonyl (C=O) groups is 2. The number of hydrogen-bond donors (Lipinski definition) is 1. The minimum absolute atomic E-state index is 0.0291. The van der Waals surface area contributed by atoms with E-state index in [0.29, 0.717) is 22.0 Å². The molecule has 1 heterocycles. The summed E-state index contributed by atoms with van der Waals surface area (Å²) in [4.78, 5) is 30.2. The number of aryl methyl sites for hydroxylation is 2. The first-order chi connectivity index (χ1) is 14.9. The van der Waals surface area contributed by atoms with Crippen molar-refractivity contribution in [3.05, 3.63) is 69.2 Å². The van der Waals surface area contributed by atoms with E-state index in [1.807, 2.05) is 44.4 Å². The number of anilines is 1. The van der Waals surface area contributed by atoms with E-state index in [9.17, 15) is 9.59 Å². The predicted molar refractivity (Wildman–Crippen MR) is 124 cm³/mol. The monoisotopic (exact) mass is 456 g/mol. The van der Waals surface area contributed by atoms with Crippen molar-refractivity contribution in [1.29, 1.82) is 0 Å². The number of amides is 1. The van der Waals surface area contributed by atoms with Crippen molar-refractivity contribution in [1.82, 2.24) is 4.98 Å². The molecule has 0 radical (unpaired) electrons. The second-order valence-electron chi connectivity index (χ2n) is 6.92. The molecule has 1 amide bonds. The molecule has 0 atom stereocenters. The number of methoxy groups -OCH3 is 1. The van der Waals surface area contributed by atoms with Crippen LogP contribution >= 0.6 is 23.1 Å². The van der Waals surface area contributed by atoms with Gasteiger partial charge in [-0.1, -0.05) is 12.1 Å². The molecular formula is C23H24N2O4S2. The average Bonchev–Trinajstić information content (AvgIpc) is 3.21. The van der Waals surface area contributed by atoms with Crippen LogP contribution in [-0.2, 0) is 22.6 Å². The Balaban J connectivity index is 1.57. The fourth-order valence-corrected chi connectivity index (χ4v) is 4.09. The number of nitrogens with zero attached hydrogens (tertiary/aromatic N) is 1. The molecular weight excluding hydrogens is 432 g/mol. The third kappa shape index (κ3) is 6.08. The van der Waals surface area contributed by atoms with Crippen molar-refractivity contribution in [3.63, 3.8) is 0 Å². The molecule has 1 N–H and O–H groups in total. The van der Waals surface area contributed by atoms with Gasteiger partial charge in [-0.3, -0.25) is 4.79 Å². The smallest absolute Gasteiger partial charge is 0.342 e. The van der Waals surface area contributed by atoms with E-state index in [4.69, 9.17) is 9.47 Å². The summed E-state index contributed by atoms with van der Waals surface area (Å²) >= 11 is 2.93. The van der Waals surface area contributed by atoms with Gasteiger partial charge < -0.3 is 14.8 Å². The highest BCUT2D eigenvalue weighted by Gasteiger charge is 2.16. The highest BCUT2D eigenvalue weighted by Crippen LogP contribution is 2.26. The van der Waals surface area contributed by atoms with Gasteiger partial charge in [0.15, 0.2) is 0 Å². The van der Waals surface area contributed by atoms with Crippen molar-refractivity contribution >= 4 is 40.7 Å². The fraction of sp³-hybridized carbons (Fsp3) is 0.261. The lowest BCUT2D eigenvalue weighted by Gasteiger charge is -2.09. The second kappa shape index (κ2) is 10.5. The highest BCUT2D eigenvalue weighted by atomic mass is 32.2. The maximum absolute atomic E-state index is 12.4. The van der Waals surface area contributed by atoms with Gasteiger partial charge in [0.25, 0.3) is 0 Å². The van der Waals surface area contributed by atoms with Gasteiger partial charge in [0, 0.05) is 16.0 Å². The third-order valence-electron chi connectivity index (χ3n) is 4.56. The molecule has 0 spiro atoms. The van der Waals surface area contributed by atoms with Crippen LogP contribution in [0.2, 0.25) is 0 Å². The topological polar surface area (TPSA) is 77.5 Å². The Bertz CT molecular complexity index is 1090. The summed E-state index contributed by atoms with van der Waals surface area (Å²) in [6.45, 7) is 3.96. The van der Waals surface area contributed by atoms with Crippen LogP contribution in [0.25, 0.3) is 0 Å². The van der Waals surface area contributed by atoms with Gasteiger partial charge in [-0.05, 0) is 55.5 Å². The summed E-state index contributed by atoms with van der Waals surface area (Å²) in [7, 11) is 1.52. The van der Waals surface area contributed by atoms with Gasteiger partial charge in [0.1, 0.15) is 22.9 Å². The average molecular weight is 457 g/mol. The first-order valence-corrected chi connectivity index (χ1v) is 11.7. The number of rotatable bonds is 8. The Hall–Kier alpha value is -2.84. The predicted octanol–water partition coefficient (Wildman–Crippen LogP) is 5.03. The van der Waals surface area contributed by atoms with Crippen LogP contribution in [0.4, 0.5) is 5.69 Å². The van der Waals surface area contributed by atoms with Crippen LogP contribution < -0.4 is 10.1 Å². The van der Waals surface area contributed by atoms with Crippen LogP contribution in [0.5, 0.6) is 5.75 Å². The van der Waals surface area contributed by atoms with Crippen molar-refractivity contribution in [3.8, 4) is 5.75 Å². The Morgan fingerprint density at radius 1 is 1.16 bits per heavy atom. The summed E-state index contributed by atoms with van der Waals surface area (Å²) in [5.41, 5.74) is 3.86. The number of thiazole rings is 1. The molecule has 6 nitrogen and oxygen atoms in total. The summed E-state index contributed by atoms with van der Waals surface area (Å²) < 4.78 is 10.7. The quantitative estimate of drug-likeness (QED) is 0.378. The highest BCUT2D eigenvalue weighted by molar-refractivity contribution is 7.98. The minimum atomic E-state index is -0.480. The van der Waals surface area contributed by atoms with Crippen molar-refractivity contribution in [2.75, 3.05) is 18.7 Å². The van der Waals surface area contributed by atoms with Gasteiger partial charge in [0.2, 0.25) is 5.91 Å². The van der Waals surface area contributed by atoms with Gasteiger partial charge in [0.05, 0.1) is 19.2 Å². The van der Waals surface area contributed by atoms with E-state index >= 15 is 0 Å². The fourth-order valence-electron chi connectivity index (χ4n) is 2.88. The SMILES string of the molecule is COc1cc(SC)ccc1C(=O)OCc1csc(CC(=O)Nc2cc(C)ccc2C)n1. The molecule has 0 saturated heterocycles. The number of nitrogens with one attached hydrogen (secondary N) is 1. The maximum Gasteiger partial charge on any atom is 0.342 e. The van der Waals surface area contributed by atoms with E-state index < -0.39 is 5.97 Å². The molecule has 8 heteroatoms. The number of thioether (sulfide) groups is 1. The van der Waals surface area contributed by atoms with Gasteiger partial charge in [-0.25, -0.2) is 9.78 Å². The van der Waals surface area contributed by atoms with Crippen LogP contribution in [0.15, 0.2) is 46.7 Å². The first kappa shape index (κ1) is 22.8. The molecule has 0 aliphatic heterocycles. The number of hydrogen-bond acceptors (Lipinski definition) is 7. The molecule has 3 aromatic rings. The number of aromatic nitrogens is 1. The lowest BCUT2D eigenvalue weighted by Crippen LogP contribution is -2.15. The minimum Gasteiger partial charge on any atom is -0.496 e. The number of carbonyl (C=O) groups excluding carboxylic acids is 2. The van der Waals surface area contributed by atoms with E-state index in [1.54, 1.807) is 29.3 Å². The van der Waals surface area contributed by atoms with E-state index in [2.05, 4.69) is 10.3 Å². The lowest BCUT2D eigenvalue weighted by molar-refractivity contribution is -0.115. The van der Waals surface area contributed by atoms with Crippen molar-refractivity contribution < 1.29 is 19.1 Å². The van der Waals surface area contributed by atoms with Crippen LogP contribution in [-0.4, -0.2) is 30.2 Å². The zero-order valence-corrected chi connectivity index (χ0v) is 19.5. The molecule has 1 aromatic heterocycles. The van der Waals surface area contributed by atoms with Crippen LogP contribution in [0.1, 0.15) is 32.2 Å². The lowest BCUT2D eigenvalue weighted by atomic mass is 10.1. The van der Waals surface area contributed by atoms with E-state index in [1.165, 1.54) is 18.4 Å². The molecule has 0 aliphatic carbocycles. The largest absolute Gasteiger partial charge is 0.496 e. The molecule has 0 fully saturated rings. The van der Waals surface area contributed by atoms with E-state index in [-0.39, 0.29) is 18.9 Å². The van der Waals surface area contributed by atoms with Crippen LogP contribution in [0, 0.1) is 13.8 Å². The zero-order chi connectivity index (χ0) is 22.4. The van der Waals surface area contributed by atoms with Crippen molar-refractivity contribution in [2.45, 2.75) is 31.8 Å². The Morgan fingerprint density at radius 2 is 1.97 bits per heavy atom. The Labute approximate surface area is 190 Å². The van der Waals surface area contributed by atoms with E-state index in [0.717, 1.165) is 21.7 Å². The number of benzene rings is 2. The molecule has 2 aromatic carbocycles. The maximum atomic E-state index is 12.4. The number of esters is 1. The summed E-state index contributed by atoms with van der Waals surface area (Å²) in [6, 6.07) is 11.3. The third-order valence-corrected chi connectivity index (χ3v) is 6.18. The summed E-state index contributed by atoms with van der Waals surface area (Å²) in [5, 5.41) is 5.39. The summed E-state index contributed by atoms with van der Waals surface area (Å²) in [6.07, 6.45) is 2.12. The molecule has 0 bridgehead atoms. The Kier molecular flexibility index (Phi) is 7.70. The molecule has 0 unspecified atom stereocenters. The molecule has 31 heavy (non-hydrogen) atoms. The zero-order valence-electron chi connectivity index (χ0n) is 17.9. The second-order valence-corrected chi connectivity index (χ2v) is 8.74. The number of ether oxygens (including phenoxy) is 2. The van der Waals surface area contributed by atoms with Crippen LogP contribution in [0.3, 0.4) is 0 Å². The van der Waals surface area contributed by atoms with Gasteiger partial charge in [-0.15, -0.1) is 23.1 Å². The normalized spacial score (nSPS) is 10.6. The molecule has 0 saturated carbocycles. The Morgan fingerprint density at radius 3 is 2.71 bits per heavy atom. The van der Waals surface area contributed by atoms with Gasteiger partial charge >= 0.3 is 5.97 Å². The van der Waals surface area contributed by atoms with Gasteiger partial charge in [-0.2, -0.15) is 0 Å².